The van der Waals surface area contributed by atoms with E-state index in [1.165, 1.54) is 6.20 Å². The van der Waals surface area contributed by atoms with Gasteiger partial charge in [0.1, 0.15) is 4.64 Å². The summed E-state index contributed by atoms with van der Waals surface area (Å²) in [4.78, 5) is 0. The molecule has 0 unspecified atom stereocenters. The maximum atomic E-state index is 5.48. The molecule has 3 nitrogen and oxygen atoms in total. The smallest absolute Gasteiger partial charge is 0.136 e. The molecule has 0 spiro atoms. The Labute approximate surface area is 92.1 Å². The second kappa shape index (κ2) is 3.74. The number of nitrogens with two attached hydrogens (primary N) is 1. The topological polar surface area (TPSA) is 46.7 Å². The van der Waals surface area contributed by atoms with Crippen LogP contribution < -0.4 is 16.3 Å². The van der Waals surface area contributed by atoms with Crippen LogP contribution >= 0.6 is 12.2 Å². The minimum absolute atomic E-state index is 0.647. The van der Waals surface area contributed by atoms with Crippen molar-refractivity contribution >= 4 is 25.0 Å². The van der Waals surface area contributed by atoms with E-state index in [2.05, 4.69) is 11.7 Å². The van der Waals surface area contributed by atoms with Crippen LogP contribution in [0.3, 0.4) is 0 Å². The minimum atomic E-state index is 0.647. The lowest BCUT2D eigenvalue weighted by Gasteiger charge is -2.00. The van der Waals surface area contributed by atoms with Crippen LogP contribution in [0.4, 0.5) is 0 Å². The Morgan fingerprint density at radius 2 is 2.00 bits per heavy atom. The average molecular weight is 217 g/mol. The van der Waals surface area contributed by atoms with Crippen molar-refractivity contribution in [3.63, 3.8) is 0 Å². The lowest BCUT2D eigenvalue weighted by molar-refractivity contribution is 0.857. The zero-order chi connectivity index (χ0) is 10.8. The molecule has 0 aliphatic rings. The minimum Gasteiger partial charge on any atom is -0.404 e. The van der Waals surface area contributed by atoms with Crippen molar-refractivity contribution in [2.45, 2.75) is 0 Å². The van der Waals surface area contributed by atoms with Crippen LogP contribution in [-0.4, -0.2) is 9.78 Å². The summed E-state index contributed by atoms with van der Waals surface area (Å²) in [5.41, 5.74) is 6.45. The molecule has 1 aromatic carbocycles. The van der Waals surface area contributed by atoms with Gasteiger partial charge in [0.2, 0.25) is 0 Å². The summed E-state index contributed by atoms with van der Waals surface area (Å²) in [5, 5.41) is 4.57. The van der Waals surface area contributed by atoms with Gasteiger partial charge in [0.25, 0.3) is 0 Å². The Kier molecular flexibility index (Phi) is 2.43. The largest absolute Gasteiger partial charge is 0.404 e. The lowest BCUT2D eigenvalue weighted by atomic mass is 10.3. The first-order valence-electron chi connectivity index (χ1n) is 4.51. The van der Waals surface area contributed by atoms with Gasteiger partial charge in [-0.15, -0.1) is 0 Å². The van der Waals surface area contributed by atoms with E-state index in [0.717, 1.165) is 16.3 Å². The van der Waals surface area contributed by atoms with E-state index in [9.17, 15) is 0 Å². The molecule has 1 heterocycles. The van der Waals surface area contributed by atoms with Crippen LogP contribution in [-0.2, 0) is 0 Å². The molecule has 3 N–H and O–H groups in total. The summed E-state index contributed by atoms with van der Waals surface area (Å²) in [6.07, 6.45) is 1.47. The number of H-pyrrole nitrogens is 1. The van der Waals surface area contributed by atoms with Crippen LogP contribution in [0.5, 0.6) is 0 Å². The van der Waals surface area contributed by atoms with Gasteiger partial charge in [0.15, 0.2) is 0 Å². The van der Waals surface area contributed by atoms with Crippen LogP contribution in [0.2, 0.25) is 0 Å². The molecular formula is C11H11N3S. The van der Waals surface area contributed by atoms with Gasteiger partial charge in [0.05, 0.1) is 16.3 Å². The van der Waals surface area contributed by atoms with Crippen molar-refractivity contribution in [1.82, 2.24) is 9.78 Å². The third-order valence-corrected chi connectivity index (χ3v) is 2.59. The van der Waals surface area contributed by atoms with Crippen molar-refractivity contribution in [2.75, 3.05) is 0 Å². The number of hydrogen-bond donors (Lipinski definition) is 2. The molecule has 2 aromatic rings. The van der Waals surface area contributed by atoms with E-state index in [4.69, 9.17) is 18.0 Å². The predicted octanol–water partition coefficient (Wildman–Crippen LogP) is 0.642. The third kappa shape index (κ3) is 1.59. The third-order valence-electron chi connectivity index (χ3n) is 2.19. The number of nitrogens with one attached hydrogen (secondary N) is 1. The molecule has 0 saturated heterocycles. The monoisotopic (exact) mass is 217 g/mol. The van der Waals surface area contributed by atoms with Crippen molar-refractivity contribution in [3.8, 4) is 5.69 Å². The highest BCUT2D eigenvalue weighted by molar-refractivity contribution is 7.71. The fourth-order valence-corrected chi connectivity index (χ4v) is 1.77. The molecule has 0 atom stereocenters. The zero-order valence-electron chi connectivity index (χ0n) is 8.10. The van der Waals surface area contributed by atoms with Gasteiger partial charge < -0.3 is 5.73 Å². The summed E-state index contributed by atoms with van der Waals surface area (Å²) in [6, 6.07) is 9.79. The Bertz CT molecular complexity index is 622. The summed E-state index contributed by atoms with van der Waals surface area (Å²) in [7, 11) is 0. The Morgan fingerprint density at radius 3 is 2.53 bits per heavy atom. The molecule has 0 radical (unpaired) electrons. The SMILES string of the molecule is C=c1[nH]n(-c2ccccc2)c(=S)c1=CN. The van der Waals surface area contributed by atoms with Crippen molar-refractivity contribution in [3.05, 3.63) is 45.5 Å². The highest BCUT2D eigenvalue weighted by Crippen LogP contribution is 2.02. The number of para-hydroxylation sites is 1. The van der Waals surface area contributed by atoms with E-state index in [1.54, 1.807) is 4.68 Å². The average Bonchev–Trinajstić information content (AvgIpc) is 2.55. The highest BCUT2D eigenvalue weighted by Gasteiger charge is 1.99. The first-order chi connectivity index (χ1) is 7.24. The zero-order valence-corrected chi connectivity index (χ0v) is 8.92. The molecule has 4 heteroatoms. The molecule has 0 saturated carbocycles. The molecule has 0 fully saturated rings. The molecular weight excluding hydrogens is 206 g/mol. The van der Waals surface area contributed by atoms with Gasteiger partial charge in [-0.1, -0.05) is 37.0 Å². The van der Waals surface area contributed by atoms with E-state index < -0.39 is 0 Å². The van der Waals surface area contributed by atoms with Gasteiger partial charge in [-0.25, -0.2) is 4.68 Å². The van der Waals surface area contributed by atoms with Crippen molar-refractivity contribution in [2.24, 2.45) is 5.73 Å². The number of aromatic amines is 1. The second-order valence-electron chi connectivity index (χ2n) is 3.15. The van der Waals surface area contributed by atoms with Crippen molar-refractivity contribution in [1.29, 1.82) is 0 Å². The summed E-state index contributed by atoms with van der Waals surface area (Å²) < 4.78 is 2.44. The van der Waals surface area contributed by atoms with Gasteiger partial charge in [-0.3, -0.25) is 5.10 Å². The summed E-state index contributed by atoms with van der Waals surface area (Å²) >= 11 is 5.27. The summed E-state index contributed by atoms with van der Waals surface area (Å²) in [6.45, 7) is 3.84. The van der Waals surface area contributed by atoms with E-state index >= 15 is 0 Å². The molecule has 2 rings (SSSR count). The normalized spacial score (nSPS) is 11.9. The molecule has 0 aliphatic carbocycles. The Balaban J connectivity index is 2.78. The predicted molar refractivity (Wildman–Crippen MR) is 64.4 cm³/mol. The quantitative estimate of drug-likeness (QED) is 0.689. The molecule has 76 valence electrons. The highest BCUT2D eigenvalue weighted by atomic mass is 32.1. The Hall–Kier alpha value is -1.81. The van der Waals surface area contributed by atoms with E-state index in [-0.39, 0.29) is 0 Å². The number of benzene rings is 1. The number of hydrogen-bond acceptors (Lipinski definition) is 2. The molecule has 0 amide bonds. The fourth-order valence-electron chi connectivity index (χ4n) is 1.43. The molecule has 15 heavy (non-hydrogen) atoms. The first-order valence-corrected chi connectivity index (χ1v) is 4.92. The maximum absolute atomic E-state index is 5.48. The number of nitrogens with zero attached hydrogens (tertiary/aromatic N) is 1. The maximum Gasteiger partial charge on any atom is 0.136 e. The van der Waals surface area contributed by atoms with Crippen LogP contribution in [0.25, 0.3) is 18.5 Å². The lowest BCUT2D eigenvalue weighted by Crippen LogP contribution is -2.22. The molecule has 0 bridgehead atoms. The van der Waals surface area contributed by atoms with E-state index in [1.807, 2.05) is 30.3 Å². The van der Waals surface area contributed by atoms with E-state index in [0.29, 0.717) is 4.64 Å². The number of aromatic nitrogens is 2. The van der Waals surface area contributed by atoms with Gasteiger partial charge >= 0.3 is 0 Å². The van der Waals surface area contributed by atoms with Gasteiger partial charge in [0, 0.05) is 6.20 Å². The van der Waals surface area contributed by atoms with Gasteiger partial charge in [-0.2, -0.15) is 0 Å². The van der Waals surface area contributed by atoms with Crippen LogP contribution in [0.15, 0.2) is 30.3 Å². The van der Waals surface area contributed by atoms with Gasteiger partial charge in [-0.05, 0) is 12.1 Å². The number of rotatable bonds is 1. The van der Waals surface area contributed by atoms with Crippen LogP contribution in [0.1, 0.15) is 0 Å². The summed E-state index contributed by atoms with van der Waals surface area (Å²) in [5.74, 6) is 0. The van der Waals surface area contributed by atoms with Crippen molar-refractivity contribution < 1.29 is 0 Å². The fraction of sp³-hybridized carbons (Fsp3) is 0. The molecule has 1 aromatic heterocycles. The Morgan fingerprint density at radius 1 is 1.33 bits per heavy atom. The standard InChI is InChI=1S/C11H11N3S/c1-8-10(7-12)11(15)14(13-8)9-5-3-2-4-6-9/h2-7,13H,1,12H2. The first kappa shape index (κ1) is 9.73. The molecule has 0 aliphatic heterocycles. The van der Waals surface area contributed by atoms with Crippen LogP contribution in [0, 0.1) is 4.64 Å². The second-order valence-corrected chi connectivity index (χ2v) is 3.53.